The third-order valence-corrected chi connectivity index (χ3v) is 5.65. The average molecular weight is 488 g/mol. The molecule has 170 valence electrons. The number of rotatable bonds is 4. The maximum atomic E-state index is 12.8. The number of anilines is 3. The molecule has 12 nitrogen and oxygen atoms in total. The Morgan fingerprint density at radius 3 is 2.52 bits per heavy atom. The Morgan fingerprint density at radius 1 is 1.03 bits per heavy atom. The van der Waals surface area contributed by atoms with Gasteiger partial charge in [-0.15, -0.1) is 4.80 Å². The van der Waals surface area contributed by atoms with Gasteiger partial charge in [-0.1, -0.05) is 23.2 Å². The normalized spacial score (nSPS) is 14.6. The van der Waals surface area contributed by atoms with Crippen LogP contribution in [0.3, 0.4) is 0 Å². The lowest BCUT2D eigenvalue weighted by Crippen LogP contribution is -2.45. The Balaban J connectivity index is 1.39. The number of piperazine rings is 1. The van der Waals surface area contributed by atoms with Crippen LogP contribution in [0.2, 0.25) is 10.2 Å². The van der Waals surface area contributed by atoms with E-state index in [0.717, 1.165) is 31.9 Å². The van der Waals surface area contributed by atoms with Gasteiger partial charge in [-0.25, -0.2) is 19.3 Å². The van der Waals surface area contributed by atoms with E-state index in [9.17, 15) is 4.79 Å². The fraction of sp³-hybridized carbons (Fsp3) is 0.263. The summed E-state index contributed by atoms with van der Waals surface area (Å²) in [6, 6.07) is 1.10. The molecule has 4 aromatic heterocycles. The largest absolute Gasteiger partial charge is 0.364 e. The molecule has 0 radical (unpaired) electrons. The first-order valence-corrected chi connectivity index (χ1v) is 10.8. The molecule has 0 aromatic carbocycles. The number of likely N-dealkylation sites (N-methyl/N-ethyl adjacent to an activating group) is 1. The van der Waals surface area contributed by atoms with Crippen molar-refractivity contribution >= 4 is 51.9 Å². The monoisotopic (exact) mass is 487 g/mol. The zero-order valence-electron chi connectivity index (χ0n) is 17.5. The maximum Gasteiger partial charge on any atom is 0.323 e. The number of pyridine rings is 1. The first-order chi connectivity index (χ1) is 16.0. The molecule has 0 spiro atoms. The lowest BCUT2D eigenvalue weighted by Gasteiger charge is -2.34. The number of imidazole rings is 1. The molecule has 2 amide bonds. The molecule has 0 aliphatic carbocycles. The van der Waals surface area contributed by atoms with Gasteiger partial charge in [-0.3, -0.25) is 0 Å². The summed E-state index contributed by atoms with van der Waals surface area (Å²) in [5.74, 6) is 0.357. The molecule has 5 heterocycles. The second kappa shape index (κ2) is 8.81. The van der Waals surface area contributed by atoms with Gasteiger partial charge in [0.1, 0.15) is 10.8 Å². The molecule has 0 bridgehead atoms. The van der Waals surface area contributed by atoms with Gasteiger partial charge in [0, 0.05) is 26.2 Å². The topological polar surface area (TPSA) is 121 Å². The molecule has 0 saturated carbocycles. The summed E-state index contributed by atoms with van der Waals surface area (Å²) < 4.78 is 1.60. The number of hydrogen-bond donors (Lipinski definition) is 2. The molecule has 5 rings (SSSR count). The van der Waals surface area contributed by atoms with Crippen LogP contribution in [0.15, 0.2) is 37.1 Å². The molecule has 4 aromatic rings. The molecule has 1 saturated heterocycles. The van der Waals surface area contributed by atoms with Gasteiger partial charge in [0.05, 0.1) is 47.4 Å². The van der Waals surface area contributed by atoms with E-state index < -0.39 is 6.03 Å². The van der Waals surface area contributed by atoms with E-state index in [-0.39, 0.29) is 5.02 Å². The lowest BCUT2D eigenvalue weighted by molar-refractivity contribution is 0.262. The Labute approximate surface area is 198 Å². The predicted molar refractivity (Wildman–Crippen MR) is 125 cm³/mol. The third kappa shape index (κ3) is 4.40. The number of carbonyl (C=O) groups excluding carboxylic acids is 1. The Bertz CT molecular complexity index is 1300. The van der Waals surface area contributed by atoms with Crippen molar-refractivity contribution in [1.29, 1.82) is 0 Å². The van der Waals surface area contributed by atoms with Crippen LogP contribution in [-0.4, -0.2) is 78.7 Å². The van der Waals surface area contributed by atoms with E-state index in [0.29, 0.717) is 28.0 Å². The van der Waals surface area contributed by atoms with Crippen LogP contribution in [0.25, 0.3) is 11.5 Å². The second-order valence-electron chi connectivity index (χ2n) is 7.46. The van der Waals surface area contributed by atoms with Crippen molar-refractivity contribution in [3.8, 4) is 5.82 Å². The summed E-state index contributed by atoms with van der Waals surface area (Å²) in [6.45, 7) is 3.32. The Kier molecular flexibility index (Phi) is 5.70. The summed E-state index contributed by atoms with van der Waals surface area (Å²) in [6.07, 6.45) is 7.72. The second-order valence-corrected chi connectivity index (χ2v) is 8.25. The number of amides is 2. The van der Waals surface area contributed by atoms with E-state index in [1.54, 1.807) is 23.0 Å². The van der Waals surface area contributed by atoms with Crippen LogP contribution in [0.4, 0.5) is 21.9 Å². The minimum absolute atomic E-state index is 0.289. The summed E-state index contributed by atoms with van der Waals surface area (Å²) in [4.78, 5) is 27.1. The van der Waals surface area contributed by atoms with Crippen molar-refractivity contribution in [2.75, 3.05) is 48.8 Å². The van der Waals surface area contributed by atoms with Crippen LogP contribution in [0.1, 0.15) is 0 Å². The highest BCUT2D eigenvalue weighted by atomic mass is 35.5. The predicted octanol–water partition coefficient (Wildman–Crippen LogP) is 2.41. The highest BCUT2D eigenvalue weighted by Gasteiger charge is 2.23. The molecule has 14 heteroatoms. The number of halogens is 2. The van der Waals surface area contributed by atoms with Crippen molar-refractivity contribution < 1.29 is 4.79 Å². The van der Waals surface area contributed by atoms with Crippen molar-refractivity contribution in [3.63, 3.8) is 0 Å². The van der Waals surface area contributed by atoms with Gasteiger partial charge in [0.25, 0.3) is 0 Å². The Hall–Kier alpha value is -3.48. The average Bonchev–Trinajstić information content (AvgIpc) is 3.44. The standard InChI is InChI=1S/C19H19Cl2N11O/c1-29-4-6-30(7-5-29)16-14(10-25-31-11-15(21)28-18(16)31)27-19(33)26-12-8-13(20)17(22-9-12)32-23-2-3-24-32/h2-3,8-11H,4-7H2,1H3,(H2,26,27,33). The maximum absolute atomic E-state index is 12.8. The van der Waals surface area contributed by atoms with Crippen molar-refractivity contribution in [3.05, 3.63) is 47.2 Å². The van der Waals surface area contributed by atoms with E-state index in [4.69, 9.17) is 23.2 Å². The number of urea groups is 1. The molecule has 1 aliphatic heterocycles. The summed E-state index contributed by atoms with van der Waals surface area (Å²) >= 11 is 12.4. The fourth-order valence-electron chi connectivity index (χ4n) is 3.58. The number of aromatic nitrogens is 7. The number of fused-ring (bicyclic) bond motifs is 1. The van der Waals surface area contributed by atoms with E-state index in [1.165, 1.54) is 23.4 Å². The quantitative estimate of drug-likeness (QED) is 0.449. The van der Waals surface area contributed by atoms with Gasteiger partial charge >= 0.3 is 6.03 Å². The van der Waals surface area contributed by atoms with Crippen LogP contribution < -0.4 is 15.5 Å². The molecule has 0 atom stereocenters. The number of nitrogens with one attached hydrogen (secondary N) is 2. The summed E-state index contributed by atoms with van der Waals surface area (Å²) in [5.41, 5.74) is 2.26. The highest BCUT2D eigenvalue weighted by Crippen LogP contribution is 2.31. The summed E-state index contributed by atoms with van der Waals surface area (Å²) in [5, 5.41) is 18.6. The van der Waals surface area contributed by atoms with Gasteiger partial charge in [0.15, 0.2) is 11.5 Å². The van der Waals surface area contributed by atoms with Crippen molar-refractivity contribution in [1.82, 2.24) is 39.5 Å². The molecular weight excluding hydrogens is 469 g/mol. The number of carbonyl (C=O) groups is 1. The van der Waals surface area contributed by atoms with Gasteiger partial charge in [-0.2, -0.15) is 15.3 Å². The minimum atomic E-state index is -0.475. The molecular formula is C19H19Cl2N11O. The smallest absolute Gasteiger partial charge is 0.323 e. The molecule has 33 heavy (non-hydrogen) atoms. The van der Waals surface area contributed by atoms with E-state index in [2.05, 4.69) is 52.7 Å². The highest BCUT2D eigenvalue weighted by molar-refractivity contribution is 6.32. The third-order valence-electron chi connectivity index (χ3n) is 5.19. The van der Waals surface area contributed by atoms with Crippen molar-refractivity contribution in [2.24, 2.45) is 0 Å². The van der Waals surface area contributed by atoms with Crippen LogP contribution in [0.5, 0.6) is 0 Å². The Morgan fingerprint density at radius 2 is 1.79 bits per heavy atom. The molecule has 2 N–H and O–H groups in total. The van der Waals surface area contributed by atoms with Crippen LogP contribution >= 0.6 is 23.2 Å². The zero-order valence-corrected chi connectivity index (χ0v) is 19.0. The SMILES string of the molecule is CN1CCN(c2c(NC(=O)Nc3cnc(-n4nccn4)c(Cl)c3)cnn3cc(Cl)nc23)CC1. The lowest BCUT2D eigenvalue weighted by atomic mass is 10.2. The molecule has 0 unspecified atom stereocenters. The van der Waals surface area contributed by atoms with Crippen LogP contribution in [-0.2, 0) is 0 Å². The zero-order chi connectivity index (χ0) is 22.9. The van der Waals surface area contributed by atoms with E-state index in [1.807, 2.05) is 0 Å². The fourth-order valence-corrected chi connectivity index (χ4v) is 4.00. The number of hydrogen-bond acceptors (Lipinski definition) is 8. The molecule has 1 aliphatic rings. The minimum Gasteiger partial charge on any atom is -0.364 e. The van der Waals surface area contributed by atoms with Gasteiger partial charge < -0.3 is 20.4 Å². The van der Waals surface area contributed by atoms with Crippen molar-refractivity contribution in [2.45, 2.75) is 0 Å². The molecule has 1 fully saturated rings. The van der Waals surface area contributed by atoms with Gasteiger partial charge in [0.2, 0.25) is 0 Å². The number of nitrogens with zero attached hydrogens (tertiary/aromatic N) is 9. The van der Waals surface area contributed by atoms with Gasteiger partial charge in [-0.05, 0) is 13.1 Å². The summed E-state index contributed by atoms with van der Waals surface area (Å²) in [7, 11) is 2.07. The first-order valence-electron chi connectivity index (χ1n) is 10.1. The van der Waals surface area contributed by atoms with E-state index >= 15 is 0 Å². The van der Waals surface area contributed by atoms with Crippen LogP contribution in [0, 0.1) is 0 Å². The first kappa shape index (κ1) is 21.4.